The summed E-state index contributed by atoms with van der Waals surface area (Å²) in [6, 6.07) is 13.9. The van der Waals surface area contributed by atoms with Crippen molar-refractivity contribution < 1.29 is 18.7 Å². The SMILES string of the molecule is CCOC(=O)C(C)Oc1c(-c2ccccc2)oc2ccc(Cl)cc2c1=O. The van der Waals surface area contributed by atoms with Gasteiger partial charge in [-0.25, -0.2) is 4.79 Å². The van der Waals surface area contributed by atoms with Gasteiger partial charge in [-0.15, -0.1) is 0 Å². The highest BCUT2D eigenvalue weighted by molar-refractivity contribution is 6.31. The number of hydrogen-bond donors (Lipinski definition) is 0. The van der Waals surface area contributed by atoms with Crippen LogP contribution < -0.4 is 10.2 Å². The van der Waals surface area contributed by atoms with Gasteiger partial charge >= 0.3 is 5.97 Å². The van der Waals surface area contributed by atoms with Crippen molar-refractivity contribution in [2.75, 3.05) is 6.61 Å². The van der Waals surface area contributed by atoms with Gasteiger partial charge in [0.1, 0.15) is 5.58 Å². The molecule has 0 aliphatic heterocycles. The fraction of sp³-hybridized carbons (Fsp3) is 0.200. The Hall–Kier alpha value is -2.79. The second-order valence-electron chi connectivity index (χ2n) is 5.61. The molecule has 0 spiro atoms. The van der Waals surface area contributed by atoms with Crippen LogP contribution in [-0.4, -0.2) is 18.7 Å². The molecular weight excluding hydrogens is 356 g/mol. The number of carbonyl (C=O) groups excluding carboxylic acids is 1. The van der Waals surface area contributed by atoms with Crippen LogP contribution in [0.5, 0.6) is 5.75 Å². The molecule has 6 heteroatoms. The first-order valence-electron chi connectivity index (χ1n) is 8.16. The van der Waals surface area contributed by atoms with Gasteiger partial charge in [0.2, 0.25) is 11.2 Å². The van der Waals surface area contributed by atoms with Gasteiger partial charge in [0.25, 0.3) is 0 Å². The van der Waals surface area contributed by atoms with E-state index in [1.165, 1.54) is 13.0 Å². The zero-order valence-electron chi connectivity index (χ0n) is 14.3. The minimum atomic E-state index is -0.961. The van der Waals surface area contributed by atoms with Crippen LogP contribution in [-0.2, 0) is 9.53 Å². The quantitative estimate of drug-likeness (QED) is 0.619. The van der Waals surface area contributed by atoms with Gasteiger partial charge in [0.05, 0.1) is 12.0 Å². The van der Waals surface area contributed by atoms with Gasteiger partial charge in [-0.05, 0) is 32.0 Å². The summed E-state index contributed by atoms with van der Waals surface area (Å²) in [5.41, 5.74) is 0.644. The van der Waals surface area contributed by atoms with Crippen molar-refractivity contribution in [3.8, 4) is 17.1 Å². The molecule has 0 saturated heterocycles. The highest BCUT2D eigenvalue weighted by Gasteiger charge is 2.23. The molecule has 3 aromatic rings. The van der Waals surface area contributed by atoms with Crippen LogP contribution in [0.25, 0.3) is 22.3 Å². The molecule has 1 unspecified atom stereocenters. The Morgan fingerprint density at radius 1 is 1.19 bits per heavy atom. The third-order valence-electron chi connectivity index (χ3n) is 3.76. The van der Waals surface area contributed by atoms with Gasteiger partial charge in [-0.2, -0.15) is 0 Å². The molecule has 0 aliphatic rings. The van der Waals surface area contributed by atoms with E-state index in [2.05, 4.69) is 0 Å². The molecule has 5 nitrogen and oxygen atoms in total. The number of halogens is 1. The molecule has 1 aromatic heterocycles. The first kappa shape index (κ1) is 18.0. The maximum atomic E-state index is 13.0. The number of esters is 1. The van der Waals surface area contributed by atoms with E-state index in [-0.39, 0.29) is 23.5 Å². The molecule has 134 valence electrons. The summed E-state index contributed by atoms with van der Waals surface area (Å²) >= 11 is 6.00. The fourth-order valence-corrected chi connectivity index (χ4v) is 2.69. The predicted molar refractivity (Wildman–Crippen MR) is 99.7 cm³/mol. The third-order valence-corrected chi connectivity index (χ3v) is 3.99. The van der Waals surface area contributed by atoms with Crippen molar-refractivity contribution in [3.05, 3.63) is 63.8 Å². The molecule has 0 fully saturated rings. The van der Waals surface area contributed by atoms with E-state index in [0.29, 0.717) is 16.2 Å². The number of hydrogen-bond acceptors (Lipinski definition) is 5. The van der Waals surface area contributed by atoms with Gasteiger partial charge in [0.15, 0.2) is 11.9 Å². The Kier molecular flexibility index (Phi) is 5.28. The van der Waals surface area contributed by atoms with E-state index in [9.17, 15) is 9.59 Å². The number of benzene rings is 2. The zero-order valence-corrected chi connectivity index (χ0v) is 15.1. The molecule has 0 radical (unpaired) electrons. The Balaban J connectivity index is 2.19. The molecule has 0 bridgehead atoms. The Labute approximate surface area is 155 Å². The maximum Gasteiger partial charge on any atom is 0.347 e. The highest BCUT2D eigenvalue weighted by atomic mass is 35.5. The second-order valence-corrected chi connectivity index (χ2v) is 6.04. The summed E-state index contributed by atoms with van der Waals surface area (Å²) in [6.07, 6.45) is -0.961. The summed E-state index contributed by atoms with van der Waals surface area (Å²) in [5, 5.41) is 0.685. The molecule has 1 atom stereocenters. The van der Waals surface area contributed by atoms with E-state index < -0.39 is 17.5 Å². The van der Waals surface area contributed by atoms with E-state index in [4.69, 9.17) is 25.5 Å². The van der Waals surface area contributed by atoms with Gasteiger partial charge < -0.3 is 13.9 Å². The van der Waals surface area contributed by atoms with E-state index >= 15 is 0 Å². The van der Waals surface area contributed by atoms with Crippen molar-refractivity contribution in [2.24, 2.45) is 0 Å². The van der Waals surface area contributed by atoms with Crippen molar-refractivity contribution in [1.29, 1.82) is 0 Å². The van der Waals surface area contributed by atoms with Crippen molar-refractivity contribution in [3.63, 3.8) is 0 Å². The van der Waals surface area contributed by atoms with Crippen molar-refractivity contribution in [2.45, 2.75) is 20.0 Å². The topological polar surface area (TPSA) is 65.7 Å². The van der Waals surface area contributed by atoms with Crippen LogP contribution in [0.1, 0.15) is 13.8 Å². The summed E-state index contributed by atoms with van der Waals surface area (Å²) in [7, 11) is 0. The third kappa shape index (κ3) is 3.58. The first-order chi connectivity index (χ1) is 12.5. The number of fused-ring (bicyclic) bond motifs is 1. The molecular formula is C20H17ClO5. The van der Waals surface area contributed by atoms with Crippen LogP contribution in [0, 0.1) is 0 Å². The molecule has 26 heavy (non-hydrogen) atoms. The van der Waals surface area contributed by atoms with Crippen LogP contribution >= 0.6 is 11.6 Å². The fourth-order valence-electron chi connectivity index (χ4n) is 2.52. The highest BCUT2D eigenvalue weighted by Crippen LogP contribution is 2.32. The van der Waals surface area contributed by atoms with Crippen molar-refractivity contribution in [1.82, 2.24) is 0 Å². The summed E-state index contributed by atoms with van der Waals surface area (Å²) in [5.74, 6) is -0.356. The predicted octanol–water partition coefficient (Wildman–Crippen LogP) is 4.44. The van der Waals surface area contributed by atoms with Crippen LogP contribution in [0.3, 0.4) is 0 Å². The first-order valence-corrected chi connectivity index (χ1v) is 8.54. The monoisotopic (exact) mass is 372 g/mol. The maximum absolute atomic E-state index is 13.0. The van der Waals surface area contributed by atoms with E-state index in [1.807, 2.05) is 18.2 Å². The normalized spacial score (nSPS) is 12.0. The minimum Gasteiger partial charge on any atom is -0.471 e. The largest absolute Gasteiger partial charge is 0.471 e. The molecule has 0 amide bonds. The Morgan fingerprint density at radius 2 is 1.92 bits per heavy atom. The van der Waals surface area contributed by atoms with E-state index in [1.54, 1.807) is 31.2 Å². The lowest BCUT2D eigenvalue weighted by molar-refractivity contribution is -0.150. The number of ether oxygens (including phenoxy) is 2. The summed E-state index contributed by atoms with van der Waals surface area (Å²) in [6.45, 7) is 3.45. The lowest BCUT2D eigenvalue weighted by Gasteiger charge is -2.16. The lowest BCUT2D eigenvalue weighted by Crippen LogP contribution is -2.28. The molecule has 0 saturated carbocycles. The standard InChI is InChI=1S/C20H17ClO5/c1-3-24-20(23)12(2)25-19-17(22)15-11-14(21)9-10-16(15)26-18(19)13-7-5-4-6-8-13/h4-12H,3H2,1-2H3. The molecule has 0 N–H and O–H groups in total. The van der Waals surface area contributed by atoms with Crippen molar-refractivity contribution >= 4 is 28.5 Å². The van der Waals surface area contributed by atoms with E-state index in [0.717, 1.165) is 0 Å². The molecule has 3 rings (SSSR count). The Morgan fingerprint density at radius 3 is 2.62 bits per heavy atom. The van der Waals surface area contributed by atoms with Crippen LogP contribution in [0.4, 0.5) is 0 Å². The minimum absolute atomic E-state index is 0.0495. The van der Waals surface area contributed by atoms with Gasteiger partial charge in [-0.3, -0.25) is 4.79 Å². The average Bonchev–Trinajstić information content (AvgIpc) is 2.65. The number of carbonyl (C=O) groups is 1. The Bertz CT molecular complexity index is 994. The molecule has 1 heterocycles. The molecule has 2 aromatic carbocycles. The lowest BCUT2D eigenvalue weighted by atomic mass is 10.1. The zero-order chi connectivity index (χ0) is 18.7. The smallest absolute Gasteiger partial charge is 0.347 e. The summed E-state index contributed by atoms with van der Waals surface area (Å²) < 4.78 is 16.5. The molecule has 0 aliphatic carbocycles. The van der Waals surface area contributed by atoms with Crippen LogP contribution in [0.2, 0.25) is 5.02 Å². The summed E-state index contributed by atoms with van der Waals surface area (Å²) in [4.78, 5) is 24.9. The van der Waals surface area contributed by atoms with Gasteiger partial charge in [0, 0.05) is 10.6 Å². The van der Waals surface area contributed by atoms with Gasteiger partial charge in [-0.1, -0.05) is 41.9 Å². The number of rotatable bonds is 5. The second kappa shape index (κ2) is 7.62. The van der Waals surface area contributed by atoms with Crippen LogP contribution in [0.15, 0.2) is 57.7 Å². The average molecular weight is 373 g/mol.